The van der Waals surface area contributed by atoms with Crippen LogP contribution >= 0.6 is 0 Å². The van der Waals surface area contributed by atoms with Crippen molar-refractivity contribution in [2.24, 2.45) is 0 Å². The molecule has 0 spiro atoms. The third-order valence-corrected chi connectivity index (χ3v) is 1.91. The highest BCUT2D eigenvalue weighted by atomic mass is 15.3. The van der Waals surface area contributed by atoms with Gasteiger partial charge in [-0.2, -0.15) is 10.4 Å². The number of nitrogens with zero attached hydrogens (tertiary/aromatic N) is 3. The molecule has 0 fully saturated rings. The maximum absolute atomic E-state index is 8.54. The van der Waals surface area contributed by atoms with E-state index < -0.39 is 0 Å². The molecule has 0 aliphatic heterocycles. The summed E-state index contributed by atoms with van der Waals surface area (Å²) in [6.45, 7) is 4.02. The van der Waals surface area contributed by atoms with Gasteiger partial charge in [-0.15, -0.1) is 0 Å². The fraction of sp³-hybridized carbons (Fsp3) is 0.556. The maximum atomic E-state index is 8.54. The SMILES string of the molecule is CCC(CC#N)n1ccc(C)n1. The normalized spacial score (nSPS) is 12.4. The van der Waals surface area contributed by atoms with Crippen molar-refractivity contribution in [3.8, 4) is 6.07 Å². The molecule has 3 nitrogen and oxygen atoms in total. The van der Waals surface area contributed by atoms with E-state index in [4.69, 9.17) is 5.26 Å². The van der Waals surface area contributed by atoms with E-state index >= 15 is 0 Å². The Morgan fingerprint density at radius 2 is 2.50 bits per heavy atom. The second-order valence-corrected chi connectivity index (χ2v) is 2.86. The topological polar surface area (TPSA) is 41.6 Å². The fourth-order valence-corrected chi connectivity index (χ4v) is 1.17. The van der Waals surface area contributed by atoms with E-state index in [1.807, 2.05) is 23.9 Å². The first-order valence-electron chi connectivity index (χ1n) is 4.16. The lowest BCUT2D eigenvalue weighted by Gasteiger charge is -2.10. The van der Waals surface area contributed by atoms with Crippen molar-refractivity contribution in [2.75, 3.05) is 0 Å². The molecule has 1 rings (SSSR count). The maximum Gasteiger partial charge on any atom is 0.0646 e. The van der Waals surface area contributed by atoms with Crippen LogP contribution < -0.4 is 0 Å². The molecule has 0 amide bonds. The van der Waals surface area contributed by atoms with Crippen LogP contribution in [0, 0.1) is 18.3 Å². The summed E-state index contributed by atoms with van der Waals surface area (Å²) in [4.78, 5) is 0. The van der Waals surface area contributed by atoms with Crippen LogP contribution in [0.1, 0.15) is 31.5 Å². The number of hydrogen-bond acceptors (Lipinski definition) is 2. The van der Waals surface area contributed by atoms with Crippen molar-refractivity contribution < 1.29 is 0 Å². The molecule has 1 heterocycles. The largest absolute Gasteiger partial charge is 0.268 e. The van der Waals surface area contributed by atoms with E-state index in [1.165, 1.54) is 0 Å². The van der Waals surface area contributed by atoms with Gasteiger partial charge in [0.2, 0.25) is 0 Å². The predicted molar refractivity (Wildman–Crippen MR) is 46.5 cm³/mol. The van der Waals surface area contributed by atoms with Crippen LogP contribution in [0.15, 0.2) is 12.3 Å². The molecule has 1 atom stereocenters. The van der Waals surface area contributed by atoms with Gasteiger partial charge in [-0.25, -0.2) is 0 Å². The molecule has 0 radical (unpaired) electrons. The molecule has 0 bridgehead atoms. The Morgan fingerprint density at radius 3 is 2.92 bits per heavy atom. The molecule has 0 N–H and O–H groups in total. The van der Waals surface area contributed by atoms with E-state index in [1.54, 1.807) is 0 Å². The lowest BCUT2D eigenvalue weighted by atomic mass is 10.2. The van der Waals surface area contributed by atoms with Gasteiger partial charge in [0.25, 0.3) is 0 Å². The zero-order valence-corrected chi connectivity index (χ0v) is 7.49. The molecular formula is C9H13N3. The van der Waals surface area contributed by atoms with Crippen LogP contribution in [-0.2, 0) is 0 Å². The summed E-state index contributed by atoms with van der Waals surface area (Å²) in [5, 5.41) is 12.8. The standard InChI is InChI=1S/C9H13N3/c1-3-9(4-6-10)12-7-5-8(2)11-12/h5,7,9H,3-4H2,1-2H3. The third-order valence-electron chi connectivity index (χ3n) is 1.91. The van der Waals surface area contributed by atoms with Gasteiger partial charge < -0.3 is 0 Å². The van der Waals surface area contributed by atoms with Gasteiger partial charge in [0.05, 0.1) is 24.2 Å². The van der Waals surface area contributed by atoms with Crippen molar-refractivity contribution in [2.45, 2.75) is 32.7 Å². The van der Waals surface area contributed by atoms with Crippen LogP contribution in [0.4, 0.5) is 0 Å². The zero-order valence-electron chi connectivity index (χ0n) is 7.49. The Bertz CT molecular complexity index is 282. The van der Waals surface area contributed by atoms with E-state index in [2.05, 4.69) is 18.1 Å². The summed E-state index contributed by atoms with van der Waals surface area (Å²) in [5.41, 5.74) is 1.01. The lowest BCUT2D eigenvalue weighted by Crippen LogP contribution is -2.07. The van der Waals surface area contributed by atoms with Crippen LogP contribution in [-0.4, -0.2) is 9.78 Å². The molecule has 0 saturated heterocycles. The minimum Gasteiger partial charge on any atom is -0.268 e. The van der Waals surface area contributed by atoms with Gasteiger partial charge in [0.1, 0.15) is 0 Å². The van der Waals surface area contributed by atoms with Gasteiger partial charge in [-0.05, 0) is 19.4 Å². The molecule has 0 saturated carbocycles. The molecule has 1 aromatic heterocycles. The molecule has 0 aromatic carbocycles. The second kappa shape index (κ2) is 3.91. The smallest absolute Gasteiger partial charge is 0.0646 e. The quantitative estimate of drug-likeness (QED) is 0.684. The van der Waals surface area contributed by atoms with Crippen molar-refractivity contribution >= 4 is 0 Å². The van der Waals surface area contributed by atoms with Crippen molar-refractivity contribution in [1.29, 1.82) is 5.26 Å². The average molecular weight is 163 g/mol. The Balaban J connectivity index is 2.74. The van der Waals surface area contributed by atoms with E-state index in [9.17, 15) is 0 Å². The first-order chi connectivity index (χ1) is 5.77. The van der Waals surface area contributed by atoms with Crippen LogP contribution in [0.3, 0.4) is 0 Å². The van der Waals surface area contributed by atoms with E-state index in [0.29, 0.717) is 6.42 Å². The Hall–Kier alpha value is -1.30. The Labute approximate surface area is 72.6 Å². The highest BCUT2D eigenvalue weighted by Gasteiger charge is 2.07. The number of hydrogen-bond donors (Lipinski definition) is 0. The van der Waals surface area contributed by atoms with Gasteiger partial charge in [0, 0.05) is 6.20 Å². The molecule has 3 heteroatoms. The van der Waals surface area contributed by atoms with Gasteiger partial charge in [0.15, 0.2) is 0 Å². The summed E-state index contributed by atoms with van der Waals surface area (Å²) in [6, 6.07) is 4.36. The molecule has 12 heavy (non-hydrogen) atoms. The highest BCUT2D eigenvalue weighted by molar-refractivity contribution is 4.96. The molecule has 0 aliphatic rings. The van der Waals surface area contributed by atoms with Gasteiger partial charge in [-0.1, -0.05) is 6.92 Å². The molecule has 1 unspecified atom stereocenters. The van der Waals surface area contributed by atoms with Crippen molar-refractivity contribution in [3.05, 3.63) is 18.0 Å². The zero-order chi connectivity index (χ0) is 8.97. The summed E-state index contributed by atoms with van der Waals surface area (Å²) < 4.78 is 1.87. The first kappa shape index (κ1) is 8.79. The molecule has 64 valence electrons. The molecule has 1 aromatic rings. The number of aryl methyl sites for hydroxylation is 1. The number of rotatable bonds is 3. The van der Waals surface area contributed by atoms with Crippen molar-refractivity contribution in [3.63, 3.8) is 0 Å². The van der Waals surface area contributed by atoms with Gasteiger partial charge >= 0.3 is 0 Å². The van der Waals surface area contributed by atoms with E-state index in [-0.39, 0.29) is 6.04 Å². The third kappa shape index (κ3) is 1.85. The fourth-order valence-electron chi connectivity index (χ4n) is 1.17. The lowest BCUT2D eigenvalue weighted by molar-refractivity contribution is 0.446. The molecule has 0 aliphatic carbocycles. The Morgan fingerprint density at radius 1 is 1.75 bits per heavy atom. The summed E-state index contributed by atoms with van der Waals surface area (Å²) in [7, 11) is 0. The van der Waals surface area contributed by atoms with Gasteiger partial charge in [-0.3, -0.25) is 4.68 Å². The summed E-state index contributed by atoms with van der Waals surface area (Å²) >= 11 is 0. The Kier molecular flexibility index (Phi) is 2.87. The van der Waals surface area contributed by atoms with Crippen LogP contribution in [0.5, 0.6) is 0 Å². The predicted octanol–water partition coefficient (Wildman–Crippen LogP) is 2.06. The highest BCUT2D eigenvalue weighted by Crippen LogP contribution is 2.13. The number of nitriles is 1. The second-order valence-electron chi connectivity index (χ2n) is 2.86. The minimum atomic E-state index is 0.240. The van der Waals surface area contributed by atoms with Crippen LogP contribution in [0.2, 0.25) is 0 Å². The van der Waals surface area contributed by atoms with Crippen LogP contribution in [0.25, 0.3) is 0 Å². The monoisotopic (exact) mass is 163 g/mol. The van der Waals surface area contributed by atoms with E-state index in [0.717, 1.165) is 12.1 Å². The van der Waals surface area contributed by atoms with Crippen molar-refractivity contribution in [1.82, 2.24) is 9.78 Å². The average Bonchev–Trinajstić information content (AvgIpc) is 2.47. The number of aromatic nitrogens is 2. The first-order valence-corrected chi connectivity index (χ1v) is 4.16. The minimum absolute atomic E-state index is 0.240. The summed E-state index contributed by atoms with van der Waals surface area (Å²) in [6.07, 6.45) is 3.42. The molecular weight excluding hydrogens is 150 g/mol. The summed E-state index contributed by atoms with van der Waals surface area (Å²) in [5.74, 6) is 0.